The molecule has 0 bridgehead atoms. The van der Waals surface area contributed by atoms with Crippen molar-refractivity contribution in [1.29, 1.82) is 0 Å². The van der Waals surface area contributed by atoms with Gasteiger partial charge in [0.25, 0.3) is 23.3 Å². The molecule has 3 aliphatic rings. The average molecular weight is 883 g/mol. The van der Waals surface area contributed by atoms with Crippen molar-refractivity contribution < 1.29 is 28.7 Å². The first-order valence-electron chi connectivity index (χ1n) is 22.9. The molecule has 8 rings (SSSR count). The van der Waals surface area contributed by atoms with Gasteiger partial charge in [-0.2, -0.15) is 0 Å². The van der Waals surface area contributed by atoms with Crippen molar-refractivity contribution >= 4 is 46.3 Å². The van der Waals surface area contributed by atoms with E-state index >= 15 is 0 Å². The molecule has 6 heterocycles. The Bertz CT molecular complexity index is 2710. The van der Waals surface area contributed by atoms with Crippen molar-refractivity contribution in [3.63, 3.8) is 0 Å². The van der Waals surface area contributed by atoms with Crippen LogP contribution in [0.15, 0.2) is 65.7 Å². The first kappa shape index (κ1) is 45.0. The Balaban J connectivity index is 0.823. The number of aromatic nitrogens is 3. The normalized spacial score (nSPS) is 17.2. The predicted molar refractivity (Wildman–Crippen MR) is 248 cm³/mol. The van der Waals surface area contributed by atoms with E-state index in [0.717, 1.165) is 114 Å². The Morgan fingerprint density at radius 2 is 1.69 bits per heavy atom. The summed E-state index contributed by atoms with van der Waals surface area (Å²) in [5.41, 5.74) is 6.77. The molecular weight excluding hydrogens is 825 g/mol. The molecule has 3 aliphatic heterocycles. The number of imide groups is 2. The zero-order chi connectivity index (χ0) is 45.9. The van der Waals surface area contributed by atoms with Crippen LogP contribution in [-0.2, 0) is 16.1 Å². The predicted octanol–water partition coefficient (Wildman–Crippen LogP) is 6.38. The molecular formula is C50H58N8O7. The van der Waals surface area contributed by atoms with Crippen molar-refractivity contribution in [1.82, 2.24) is 35.0 Å². The van der Waals surface area contributed by atoms with Gasteiger partial charge in [0.15, 0.2) is 0 Å². The monoisotopic (exact) mass is 882 g/mol. The fourth-order valence-electron chi connectivity index (χ4n) is 9.38. The summed E-state index contributed by atoms with van der Waals surface area (Å²) in [4.78, 5) is 90.8. The van der Waals surface area contributed by atoms with E-state index in [9.17, 15) is 28.8 Å². The number of aromatic amines is 1. The highest BCUT2D eigenvalue weighted by molar-refractivity contribution is 6.24. The second kappa shape index (κ2) is 19.2. The van der Waals surface area contributed by atoms with Gasteiger partial charge in [0.05, 0.1) is 17.7 Å². The van der Waals surface area contributed by atoms with E-state index in [-0.39, 0.29) is 48.0 Å². The van der Waals surface area contributed by atoms with Gasteiger partial charge in [0.1, 0.15) is 17.6 Å². The van der Waals surface area contributed by atoms with Crippen molar-refractivity contribution in [3.05, 3.63) is 110 Å². The summed E-state index contributed by atoms with van der Waals surface area (Å²) >= 11 is 0. The lowest BCUT2D eigenvalue weighted by atomic mass is 9.98. The fourth-order valence-corrected chi connectivity index (χ4v) is 9.38. The van der Waals surface area contributed by atoms with E-state index in [1.54, 1.807) is 18.2 Å². The molecule has 2 aromatic carbocycles. The standard InChI is InChI=1S/C50H58N8O7/c1-6-33(5)57-29-31(3)44-37(46(60)52-28-38-30(2)24-32(4)53-47(38)61)25-35(26-40(44)57)34-14-16-42(51-27-34)56-21-19-55(20-22-56)18-9-7-8-10-23-65-41-13-11-12-36-45(41)50(64)58(49(36)63)39-15-17-43(59)54-48(39)62/h11-14,16,24-27,29,33,39H,6-10,15,17-23,28H2,1-5H3,(H,52,60)(H,53,61)(H,54,59,62)/t33-,39?/m0/s1. The van der Waals surface area contributed by atoms with Gasteiger partial charge in [-0.1, -0.05) is 25.8 Å². The molecule has 2 fully saturated rings. The molecule has 3 N–H and O–H groups in total. The van der Waals surface area contributed by atoms with Crippen LogP contribution in [0.25, 0.3) is 22.0 Å². The van der Waals surface area contributed by atoms with E-state index in [2.05, 4.69) is 68.2 Å². The highest BCUT2D eigenvalue weighted by Crippen LogP contribution is 2.35. The summed E-state index contributed by atoms with van der Waals surface area (Å²) in [6, 6.07) is 14.3. The lowest BCUT2D eigenvalue weighted by Crippen LogP contribution is -2.54. The van der Waals surface area contributed by atoms with Crippen LogP contribution < -0.4 is 25.8 Å². The second-order valence-electron chi connectivity index (χ2n) is 17.6. The number of piperazine rings is 1. The van der Waals surface area contributed by atoms with Crippen LogP contribution in [0.3, 0.4) is 0 Å². The van der Waals surface area contributed by atoms with E-state index in [4.69, 9.17) is 9.72 Å². The molecule has 3 aromatic heterocycles. The number of nitrogens with one attached hydrogen (secondary N) is 3. The van der Waals surface area contributed by atoms with Gasteiger partial charge >= 0.3 is 0 Å². The molecule has 5 aromatic rings. The molecule has 65 heavy (non-hydrogen) atoms. The van der Waals surface area contributed by atoms with Gasteiger partial charge in [0.2, 0.25) is 11.8 Å². The number of nitrogens with zero attached hydrogens (tertiary/aromatic N) is 5. The minimum atomic E-state index is -1.01. The molecule has 2 atom stereocenters. The van der Waals surface area contributed by atoms with E-state index < -0.39 is 29.7 Å². The number of hydrogen-bond acceptors (Lipinski definition) is 10. The largest absolute Gasteiger partial charge is 0.493 e. The average Bonchev–Trinajstić information content (AvgIpc) is 3.77. The van der Waals surface area contributed by atoms with Crippen molar-refractivity contribution in [2.45, 2.75) is 98.2 Å². The maximum atomic E-state index is 14.0. The van der Waals surface area contributed by atoms with Crippen molar-refractivity contribution in [3.8, 4) is 16.9 Å². The smallest absolute Gasteiger partial charge is 0.266 e. The maximum Gasteiger partial charge on any atom is 0.266 e. The third kappa shape index (κ3) is 9.33. The molecule has 15 heteroatoms. The van der Waals surface area contributed by atoms with Crippen molar-refractivity contribution in [2.75, 3.05) is 44.2 Å². The molecule has 0 saturated carbocycles. The zero-order valence-electron chi connectivity index (χ0n) is 37.9. The Hall–Kier alpha value is -6.61. The lowest BCUT2D eigenvalue weighted by molar-refractivity contribution is -0.136. The number of carbonyl (C=O) groups excluding carboxylic acids is 5. The molecule has 0 radical (unpaired) electrons. The van der Waals surface area contributed by atoms with E-state index in [1.165, 1.54) is 0 Å². The number of carbonyl (C=O) groups is 5. The number of aryl methyl sites for hydroxylation is 3. The van der Waals surface area contributed by atoms with Crippen LogP contribution in [0, 0.1) is 20.8 Å². The van der Waals surface area contributed by atoms with Crippen LogP contribution >= 0.6 is 0 Å². The Morgan fingerprint density at radius 3 is 2.42 bits per heavy atom. The third-order valence-corrected chi connectivity index (χ3v) is 13.2. The number of hydrogen-bond donors (Lipinski definition) is 3. The number of unbranched alkanes of at least 4 members (excludes halogenated alkanes) is 3. The van der Waals surface area contributed by atoms with Crippen LogP contribution in [0.5, 0.6) is 5.75 Å². The molecule has 2 saturated heterocycles. The first-order chi connectivity index (χ1) is 31.3. The topological polar surface area (TPSA) is 179 Å². The number of amides is 5. The molecule has 1 unspecified atom stereocenters. The van der Waals surface area contributed by atoms with Gasteiger partial charge in [-0.15, -0.1) is 0 Å². The number of rotatable bonds is 16. The zero-order valence-corrected chi connectivity index (χ0v) is 37.9. The first-order valence-corrected chi connectivity index (χ1v) is 22.9. The van der Waals surface area contributed by atoms with Crippen LogP contribution in [-0.4, -0.2) is 99.2 Å². The van der Waals surface area contributed by atoms with Crippen LogP contribution in [0.2, 0.25) is 0 Å². The fraction of sp³-hybridized carbons (Fsp3) is 0.420. The Labute approximate surface area is 378 Å². The third-order valence-electron chi connectivity index (χ3n) is 13.2. The number of fused-ring (bicyclic) bond motifs is 2. The summed E-state index contributed by atoms with van der Waals surface area (Å²) in [7, 11) is 0. The van der Waals surface area contributed by atoms with E-state index in [1.807, 2.05) is 39.1 Å². The summed E-state index contributed by atoms with van der Waals surface area (Å²) in [6.07, 6.45) is 8.96. The highest BCUT2D eigenvalue weighted by Gasteiger charge is 2.46. The van der Waals surface area contributed by atoms with Crippen LogP contribution in [0.4, 0.5) is 5.82 Å². The maximum absolute atomic E-state index is 14.0. The van der Waals surface area contributed by atoms with Gasteiger partial charge in [-0.25, -0.2) is 4.98 Å². The lowest BCUT2D eigenvalue weighted by Gasteiger charge is -2.35. The SMILES string of the molecule is CC[C@H](C)n1cc(C)c2c(C(=O)NCc3c(C)cc(C)[nH]c3=O)cc(-c3ccc(N4CCN(CCCCCCOc5cccc6c5C(=O)N(C5CCC(=O)NC5=O)C6=O)CC4)nc3)cc21. The van der Waals surface area contributed by atoms with Crippen LogP contribution in [0.1, 0.15) is 118 Å². The molecule has 0 spiro atoms. The second-order valence-corrected chi connectivity index (χ2v) is 17.6. The number of benzene rings is 2. The van der Waals surface area contributed by atoms with Gasteiger partial charge in [0, 0.05) is 90.9 Å². The number of anilines is 1. The summed E-state index contributed by atoms with van der Waals surface area (Å²) in [6.45, 7) is 15.2. The van der Waals surface area contributed by atoms with Gasteiger partial charge in [-0.3, -0.25) is 43.9 Å². The van der Waals surface area contributed by atoms with Gasteiger partial charge < -0.3 is 24.5 Å². The molecule has 15 nitrogen and oxygen atoms in total. The number of H-pyrrole nitrogens is 1. The minimum absolute atomic E-state index is 0.0682. The quantitative estimate of drug-likeness (QED) is 0.0744. The summed E-state index contributed by atoms with van der Waals surface area (Å²) in [5.74, 6) is -1.14. The summed E-state index contributed by atoms with van der Waals surface area (Å²) in [5, 5.41) is 6.17. The Kier molecular flexibility index (Phi) is 13.3. The van der Waals surface area contributed by atoms with E-state index in [0.29, 0.717) is 23.5 Å². The minimum Gasteiger partial charge on any atom is -0.493 e. The number of ether oxygens (including phenoxy) is 1. The Morgan fingerprint density at radius 1 is 0.908 bits per heavy atom. The highest BCUT2D eigenvalue weighted by atomic mass is 16.5. The van der Waals surface area contributed by atoms with Gasteiger partial charge in [-0.05, 0) is 119 Å². The molecule has 5 amide bonds. The summed E-state index contributed by atoms with van der Waals surface area (Å²) < 4.78 is 8.26. The molecule has 340 valence electrons. The molecule has 0 aliphatic carbocycles. The number of piperidine rings is 1. The van der Waals surface area contributed by atoms with Crippen molar-refractivity contribution in [2.24, 2.45) is 0 Å². The number of pyridine rings is 2.